The first-order chi connectivity index (χ1) is 13.7. The summed E-state index contributed by atoms with van der Waals surface area (Å²) in [6.45, 7) is 6.90. The first kappa shape index (κ1) is 23.5. The Morgan fingerprint density at radius 3 is 1.83 bits per heavy atom. The van der Waals surface area contributed by atoms with Gasteiger partial charge in [-0.3, -0.25) is 0 Å². The van der Waals surface area contributed by atoms with Crippen LogP contribution in [0.1, 0.15) is 61.4 Å². The van der Waals surface area contributed by atoms with Gasteiger partial charge in [0.15, 0.2) is 0 Å². The van der Waals surface area contributed by atoms with Crippen molar-refractivity contribution in [2.24, 2.45) is 0 Å². The third kappa shape index (κ3) is 3.90. The average molecular weight is 513 g/mol. The number of allylic oxidation sites excluding steroid dienone is 1. The summed E-state index contributed by atoms with van der Waals surface area (Å²) in [5, 5.41) is 0. The predicted molar refractivity (Wildman–Crippen MR) is 115 cm³/mol. The summed E-state index contributed by atoms with van der Waals surface area (Å²) in [7, 11) is 0. The fraction of sp³-hybridized carbons (Fsp3) is 0.259. The first-order valence-electron chi connectivity index (χ1n) is 10.5. The van der Waals surface area contributed by atoms with Gasteiger partial charge in [-0.05, 0) is 0 Å². The van der Waals surface area contributed by atoms with Gasteiger partial charge in [0, 0.05) is 0 Å². The molecule has 0 saturated heterocycles. The minimum absolute atomic E-state index is 0. The Labute approximate surface area is 204 Å². The fourth-order valence-electron chi connectivity index (χ4n) is 4.85. The van der Waals surface area contributed by atoms with Crippen LogP contribution < -0.4 is 24.8 Å². The number of hydrogen-bond donors (Lipinski definition) is 0. The molecule has 3 heteroatoms. The number of halogens is 2. The van der Waals surface area contributed by atoms with Crippen LogP contribution in [0.15, 0.2) is 66.2 Å². The molecule has 0 aliphatic heterocycles. The number of rotatable bonds is 4. The number of benzene rings is 3. The van der Waals surface area contributed by atoms with Crippen molar-refractivity contribution in [3.8, 4) is 11.1 Å². The maximum absolute atomic E-state index is 2.52. The van der Waals surface area contributed by atoms with Gasteiger partial charge in [-0.25, -0.2) is 0 Å². The first-order valence-corrected chi connectivity index (χ1v) is 13.3. The van der Waals surface area contributed by atoms with E-state index in [4.69, 9.17) is 0 Å². The van der Waals surface area contributed by atoms with Crippen molar-refractivity contribution in [1.82, 2.24) is 0 Å². The van der Waals surface area contributed by atoms with Gasteiger partial charge < -0.3 is 24.8 Å². The van der Waals surface area contributed by atoms with E-state index in [1.165, 1.54) is 27.8 Å². The zero-order chi connectivity index (χ0) is 19.3. The van der Waals surface area contributed by atoms with E-state index in [2.05, 4.69) is 87.5 Å². The van der Waals surface area contributed by atoms with Gasteiger partial charge in [-0.15, -0.1) is 0 Å². The number of fused-ring (bicyclic) bond motifs is 4. The van der Waals surface area contributed by atoms with E-state index in [9.17, 15) is 0 Å². The number of hydrogen-bond acceptors (Lipinski definition) is 0. The molecule has 5 rings (SSSR count). The average Bonchev–Trinajstić information content (AvgIpc) is 3.22. The third-order valence-corrected chi connectivity index (χ3v) is 11.5. The monoisotopic (exact) mass is 510 g/mol. The van der Waals surface area contributed by atoms with Crippen molar-refractivity contribution in [1.29, 1.82) is 0 Å². The van der Waals surface area contributed by atoms with E-state index in [0.717, 1.165) is 12.8 Å². The van der Waals surface area contributed by atoms with Gasteiger partial charge in [-0.2, -0.15) is 0 Å². The molecule has 0 spiro atoms. The summed E-state index contributed by atoms with van der Waals surface area (Å²) in [6, 6.07) is 23.6. The molecule has 0 nitrogen and oxygen atoms in total. The minimum atomic E-state index is -0.781. The molecule has 152 valence electrons. The molecule has 0 N–H and O–H groups in total. The maximum Gasteiger partial charge on any atom is -1.00 e. The molecule has 3 aromatic rings. The standard InChI is InChI=1S/C17H17.C10H9.2ClH.Zr/c1-3-12-5-7-16-14(9-12)11-15-10-13(4-2)6-8-17(15)16;1-8-6-9-4-2-3-5-10(9)7-8;;;/h5-11H,3-4H2,1-2H3;2-7H,1H3;2*1H;/q;;;;+2/p-2. The molecule has 0 fully saturated rings. The Morgan fingerprint density at radius 1 is 0.700 bits per heavy atom. The molecule has 1 atom stereocenters. The van der Waals surface area contributed by atoms with Crippen LogP contribution in [-0.4, -0.2) is 0 Å². The van der Waals surface area contributed by atoms with Crippen molar-refractivity contribution in [2.45, 2.75) is 40.9 Å². The Kier molecular flexibility index (Phi) is 7.50. The van der Waals surface area contributed by atoms with E-state index >= 15 is 0 Å². The largest absolute Gasteiger partial charge is 1.00 e. The number of aryl methyl sites for hydroxylation is 2. The molecule has 0 amide bonds. The molecule has 30 heavy (non-hydrogen) atoms. The van der Waals surface area contributed by atoms with Crippen LogP contribution in [0.2, 0.25) is 0 Å². The normalized spacial score (nSPS) is 15.8. The summed E-state index contributed by atoms with van der Waals surface area (Å²) in [5.74, 6) is 0. The second-order valence-electron chi connectivity index (χ2n) is 8.10. The Bertz CT molecular complexity index is 1050. The third-order valence-electron chi connectivity index (χ3n) is 6.44. The van der Waals surface area contributed by atoms with Gasteiger partial charge in [0.2, 0.25) is 0 Å². The van der Waals surface area contributed by atoms with Crippen molar-refractivity contribution in [2.75, 3.05) is 0 Å². The molecule has 2 aliphatic carbocycles. The van der Waals surface area contributed by atoms with E-state index in [1.807, 2.05) is 0 Å². The fourth-order valence-corrected chi connectivity index (χ4v) is 9.66. The SMILES string of the molecule is CCc1ccc2c(c1)[CH]([Zr+2][CH]1C(C)=Cc3ccccc31)c1cc(CC)ccc1-2.[Cl-].[Cl-]. The summed E-state index contributed by atoms with van der Waals surface area (Å²) >= 11 is -0.781. The van der Waals surface area contributed by atoms with Gasteiger partial charge in [-0.1, -0.05) is 0 Å². The van der Waals surface area contributed by atoms with Gasteiger partial charge in [0.1, 0.15) is 0 Å². The molecular formula is C27H26Cl2Zr. The summed E-state index contributed by atoms with van der Waals surface area (Å²) in [6.07, 6.45) is 4.67. The second kappa shape index (κ2) is 9.56. The second-order valence-corrected chi connectivity index (χ2v) is 11.8. The van der Waals surface area contributed by atoms with E-state index in [1.54, 1.807) is 22.3 Å². The van der Waals surface area contributed by atoms with Gasteiger partial charge in [0.05, 0.1) is 0 Å². The van der Waals surface area contributed by atoms with Crippen LogP contribution >= 0.6 is 0 Å². The Morgan fingerprint density at radius 2 is 1.27 bits per heavy atom. The topological polar surface area (TPSA) is 0 Å². The van der Waals surface area contributed by atoms with Crippen molar-refractivity contribution < 1.29 is 48.0 Å². The van der Waals surface area contributed by atoms with Crippen LogP contribution in [0, 0.1) is 0 Å². The van der Waals surface area contributed by atoms with Crippen LogP contribution in [-0.2, 0) is 36.1 Å². The van der Waals surface area contributed by atoms with E-state index < -0.39 is 23.2 Å². The maximum atomic E-state index is 2.52. The molecule has 2 aliphatic rings. The van der Waals surface area contributed by atoms with E-state index in [-0.39, 0.29) is 24.8 Å². The summed E-state index contributed by atoms with van der Waals surface area (Å²) < 4.78 is 1.35. The molecule has 0 heterocycles. The molecular weight excluding hydrogens is 486 g/mol. The molecule has 3 aromatic carbocycles. The zero-order valence-corrected chi connectivity index (χ0v) is 21.6. The van der Waals surface area contributed by atoms with Crippen LogP contribution in [0.25, 0.3) is 17.2 Å². The summed E-state index contributed by atoms with van der Waals surface area (Å²) in [5.41, 5.74) is 13.8. The quantitative estimate of drug-likeness (QED) is 0.492. The van der Waals surface area contributed by atoms with Crippen molar-refractivity contribution >= 4 is 6.08 Å². The van der Waals surface area contributed by atoms with Crippen molar-refractivity contribution in [3.05, 3.63) is 99.6 Å². The zero-order valence-electron chi connectivity index (χ0n) is 17.7. The molecule has 0 aromatic heterocycles. The molecule has 0 bridgehead atoms. The molecule has 1 unspecified atom stereocenters. The smallest absolute Gasteiger partial charge is 1.00 e. The Hall–Kier alpha value is -1.14. The van der Waals surface area contributed by atoms with Gasteiger partial charge >= 0.3 is 181 Å². The Balaban J connectivity index is 0.00000128. The van der Waals surface area contributed by atoms with Crippen LogP contribution in [0.4, 0.5) is 0 Å². The van der Waals surface area contributed by atoms with E-state index in [0.29, 0.717) is 7.25 Å². The van der Waals surface area contributed by atoms with Crippen molar-refractivity contribution in [3.63, 3.8) is 0 Å². The van der Waals surface area contributed by atoms with Crippen LogP contribution in [0.3, 0.4) is 0 Å². The molecule has 0 saturated carbocycles. The predicted octanol–water partition coefficient (Wildman–Crippen LogP) is 1.13. The molecule has 0 radical (unpaired) electrons. The van der Waals surface area contributed by atoms with Gasteiger partial charge in [0.25, 0.3) is 0 Å². The minimum Gasteiger partial charge on any atom is -1.00 e. The van der Waals surface area contributed by atoms with Crippen LogP contribution in [0.5, 0.6) is 0 Å². The summed E-state index contributed by atoms with van der Waals surface area (Å²) in [4.78, 5) is 0.